The molecular weight excluding hydrogens is 444 g/mol. The van der Waals surface area contributed by atoms with Crippen molar-refractivity contribution >= 4 is 23.2 Å². The summed E-state index contributed by atoms with van der Waals surface area (Å²) in [6.45, 7) is 2.75. The molecule has 0 radical (unpaired) electrons. The first-order chi connectivity index (χ1) is 16.2. The van der Waals surface area contributed by atoms with Gasteiger partial charge in [-0.15, -0.1) is 10.2 Å². The molecule has 1 atom stereocenters. The number of rotatable bonds is 5. The molecular formula is C22H23ClN8O2. The molecule has 1 N–H and O–H groups in total. The number of aromatic nitrogens is 7. The van der Waals surface area contributed by atoms with Gasteiger partial charge < -0.3 is 14.8 Å². The largest absolute Gasteiger partial charge is 0.478 e. The third-order valence-corrected chi connectivity index (χ3v) is 6.29. The molecule has 0 spiro atoms. The third kappa shape index (κ3) is 4.11. The summed E-state index contributed by atoms with van der Waals surface area (Å²) in [5.74, 6) is 2.30. The van der Waals surface area contributed by atoms with Crippen molar-refractivity contribution in [3.63, 3.8) is 0 Å². The molecule has 10 nitrogen and oxygen atoms in total. The fourth-order valence-corrected chi connectivity index (χ4v) is 4.57. The molecule has 2 aliphatic heterocycles. The summed E-state index contributed by atoms with van der Waals surface area (Å²) in [5.41, 5.74) is 2.44. The number of halogens is 1. The lowest BCUT2D eigenvalue weighted by molar-refractivity contribution is 0.0903. The van der Waals surface area contributed by atoms with Gasteiger partial charge >= 0.3 is 0 Å². The van der Waals surface area contributed by atoms with Crippen LogP contribution in [0.15, 0.2) is 36.8 Å². The molecule has 1 unspecified atom stereocenters. The number of ether oxygens (including phenoxy) is 2. The number of pyridine rings is 1. The standard InChI is InChI=1S/C22H23ClN8O2/c23-16-11-25-30(13-16)12-14-2-8-33-20-10-15(9-19-28-29-21(14)31(19)20)18-1-5-24-22(27-18)26-17-3-6-32-7-4-17/h1,5,9-11,13-14,17H,2-4,6-8,12H2,(H,24,26,27). The average Bonchev–Trinajstić information content (AvgIpc) is 3.40. The van der Waals surface area contributed by atoms with E-state index < -0.39 is 0 Å². The highest BCUT2D eigenvalue weighted by Gasteiger charge is 2.25. The monoisotopic (exact) mass is 466 g/mol. The van der Waals surface area contributed by atoms with Gasteiger partial charge in [-0.3, -0.25) is 4.68 Å². The highest BCUT2D eigenvalue weighted by molar-refractivity contribution is 6.30. The molecule has 6 rings (SSSR count). The lowest BCUT2D eigenvalue weighted by atomic mass is 10.1. The Bertz CT molecular complexity index is 1280. The van der Waals surface area contributed by atoms with Crippen LogP contribution in [0, 0.1) is 0 Å². The summed E-state index contributed by atoms with van der Waals surface area (Å²) in [6, 6.07) is 6.20. The van der Waals surface area contributed by atoms with Crippen molar-refractivity contribution in [2.24, 2.45) is 0 Å². The fraction of sp³-hybridized carbons (Fsp3) is 0.409. The number of hydrogen-bond acceptors (Lipinski definition) is 8. The Labute approximate surface area is 194 Å². The van der Waals surface area contributed by atoms with Crippen molar-refractivity contribution < 1.29 is 9.47 Å². The second-order valence-corrected chi connectivity index (χ2v) is 8.78. The Hall–Kier alpha value is -3.24. The Morgan fingerprint density at radius 2 is 2.03 bits per heavy atom. The normalized spacial score (nSPS) is 18.8. The minimum absolute atomic E-state index is 0.109. The van der Waals surface area contributed by atoms with E-state index in [9.17, 15) is 0 Å². The van der Waals surface area contributed by atoms with Gasteiger partial charge in [0.2, 0.25) is 11.8 Å². The maximum Gasteiger partial charge on any atom is 0.223 e. The van der Waals surface area contributed by atoms with Gasteiger partial charge in [0.05, 0.1) is 30.1 Å². The Kier molecular flexibility index (Phi) is 5.31. The van der Waals surface area contributed by atoms with Gasteiger partial charge in [0, 0.05) is 49.2 Å². The highest BCUT2D eigenvalue weighted by atomic mass is 35.5. The summed E-state index contributed by atoms with van der Waals surface area (Å²) < 4.78 is 15.4. The van der Waals surface area contributed by atoms with Crippen LogP contribution in [0.25, 0.3) is 16.9 Å². The third-order valence-electron chi connectivity index (χ3n) is 6.09. The summed E-state index contributed by atoms with van der Waals surface area (Å²) in [6.07, 6.45) is 7.93. The summed E-state index contributed by atoms with van der Waals surface area (Å²) in [7, 11) is 0. The average molecular weight is 467 g/mol. The minimum atomic E-state index is 0.109. The number of nitrogens with zero attached hydrogens (tertiary/aromatic N) is 7. The quantitative estimate of drug-likeness (QED) is 0.478. The van der Waals surface area contributed by atoms with Gasteiger partial charge in [-0.1, -0.05) is 11.6 Å². The SMILES string of the molecule is Clc1cnn(CC2CCOc3cc(-c4ccnc(NC5CCOCC5)n4)cc4nnc2n34)c1. The first-order valence-corrected chi connectivity index (χ1v) is 11.5. The summed E-state index contributed by atoms with van der Waals surface area (Å²) in [4.78, 5) is 9.14. The van der Waals surface area contributed by atoms with Gasteiger partial charge in [-0.2, -0.15) is 5.10 Å². The van der Waals surface area contributed by atoms with Crippen LogP contribution < -0.4 is 10.1 Å². The van der Waals surface area contributed by atoms with E-state index in [-0.39, 0.29) is 5.92 Å². The Balaban J connectivity index is 1.31. The van der Waals surface area contributed by atoms with Crippen LogP contribution in [-0.4, -0.2) is 60.2 Å². The molecule has 0 bridgehead atoms. The van der Waals surface area contributed by atoms with E-state index in [1.807, 2.05) is 33.5 Å². The van der Waals surface area contributed by atoms with E-state index in [4.69, 9.17) is 26.1 Å². The second-order valence-electron chi connectivity index (χ2n) is 8.35. The molecule has 0 aliphatic carbocycles. The molecule has 11 heteroatoms. The van der Waals surface area contributed by atoms with Gasteiger partial charge in [0.1, 0.15) is 5.82 Å². The van der Waals surface area contributed by atoms with Crippen LogP contribution in [0.5, 0.6) is 5.88 Å². The number of anilines is 1. The molecule has 4 aromatic heterocycles. The van der Waals surface area contributed by atoms with Crippen LogP contribution in [0.4, 0.5) is 5.95 Å². The van der Waals surface area contributed by atoms with E-state index in [1.54, 1.807) is 12.4 Å². The summed E-state index contributed by atoms with van der Waals surface area (Å²) in [5, 5.41) is 17.3. The molecule has 6 heterocycles. The van der Waals surface area contributed by atoms with E-state index >= 15 is 0 Å². The van der Waals surface area contributed by atoms with Crippen molar-refractivity contribution in [2.45, 2.75) is 37.8 Å². The minimum Gasteiger partial charge on any atom is -0.478 e. The van der Waals surface area contributed by atoms with E-state index in [0.717, 1.165) is 55.2 Å². The molecule has 170 valence electrons. The van der Waals surface area contributed by atoms with E-state index in [0.29, 0.717) is 36.0 Å². The van der Waals surface area contributed by atoms with Crippen molar-refractivity contribution in [1.82, 2.24) is 34.3 Å². The van der Waals surface area contributed by atoms with Gasteiger partial charge in [-0.05, 0) is 31.4 Å². The van der Waals surface area contributed by atoms with E-state index in [1.165, 1.54) is 0 Å². The van der Waals surface area contributed by atoms with Gasteiger partial charge in [0.25, 0.3) is 0 Å². The molecule has 1 saturated heterocycles. The maximum absolute atomic E-state index is 6.12. The van der Waals surface area contributed by atoms with Crippen molar-refractivity contribution in [3.05, 3.63) is 47.6 Å². The van der Waals surface area contributed by atoms with Gasteiger partial charge in [0.15, 0.2) is 5.65 Å². The lowest BCUT2D eigenvalue weighted by Crippen LogP contribution is -2.28. The number of nitrogens with one attached hydrogen (secondary N) is 1. The highest BCUT2D eigenvalue weighted by Crippen LogP contribution is 2.32. The van der Waals surface area contributed by atoms with Crippen LogP contribution >= 0.6 is 11.6 Å². The molecule has 33 heavy (non-hydrogen) atoms. The van der Waals surface area contributed by atoms with Gasteiger partial charge in [-0.25, -0.2) is 14.4 Å². The Morgan fingerprint density at radius 1 is 1.12 bits per heavy atom. The molecule has 1 fully saturated rings. The first-order valence-electron chi connectivity index (χ1n) is 11.1. The Morgan fingerprint density at radius 3 is 2.88 bits per heavy atom. The van der Waals surface area contributed by atoms with Crippen LogP contribution in [0.3, 0.4) is 0 Å². The number of hydrogen-bond donors (Lipinski definition) is 1. The summed E-state index contributed by atoms with van der Waals surface area (Å²) >= 11 is 6.03. The van der Waals surface area contributed by atoms with Crippen LogP contribution in [-0.2, 0) is 11.3 Å². The lowest BCUT2D eigenvalue weighted by Gasteiger charge is -2.23. The molecule has 4 aromatic rings. The molecule has 0 aromatic carbocycles. The molecule has 0 saturated carbocycles. The zero-order chi connectivity index (χ0) is 22.2. The van der Waals surface area contributed by atoms with Crippen LogP contribution in [0.1, 0.15) is 31.0 Å². The first kappa shape index (κ1) is 20.4. The predicted molar refractivity (Wildman–Crippen MR) is 122 cm³/mol. The van der Waals surface area contributed by atoms with Crippen LogP contribution in [0.2, 0.25) is 5.02 Å². The van der Waals surface area contributed by atoms with Crippen molar-refractivity contribution in [3.8, 4) is 17.1 Å². The van der Waals surface area contributed by atoms with Crippen molar-refractivity contribution in [2.75, 3.05) is 25.1 Å². The second kappa shape index (κ2) is 8.60. The smallest absolute Gasteiger partial charge is 0.223 e. The topological polar surface area (TPSA) is 104 Å². The molecule has 2 aliphatic rings. The zero-order valence-electron chi connectivity index (χ0n) is 17.9. The fourth-order valence-electron chi connectivity index (χ4n) is 4.41. The predicted octanol–water partition coefficient (Wildman–Crippen LogP) is 3.19. The molecule has 0 amide bonds. The van der Waals surface area contributed by atoms with Crippen molar-refractivity contribution in [1.29, 1.82) is 0 Å². The maximum atomic E-state index is 6.12. The van der Waals surface area contributed by atoms with E-state index in [2.05, 4.69) is 25.6 Å². The zero-order valence-corrected chi connectivity index (χ0v) is 18.6.